The van der Waals surface area contributed by atoms with Crippen molar-refractivity contribution >= 4 is 23.3 Å². The van der Waals surface area contributed by atoms with E-state index in [1.165, 1.54) is 0 Å². The lowest BCUT2D eigenvalue weighted by molar-refractivity contribution is -0.182. The summed E-state index contributed by atoms with van der Waals surface area (Å²) in [6.07, 6.45) is 4.36. The summed E-state index contributed by atoms with van der Waals surface area (Å²) in [5.74, 6) is 0.111. The lowest BCUT2D eigenvalue weighted by Gasteiger charge is -2.33. The molecular weight excluding hydrogens is 352 g/mol. The fourth-order valence-corrected chi connectivity index (χ4v) is 3.97. The van der Waals surface area contributed by atoms with Crippen LogP contribution in [-0.2, 0) is 9.63 Å². The Balaban J connectivity index is 1.56. The van der Waals surface area contributed by atoms with Gasteiger partial charge in [0, 0.05) is 49.1 Å². The Morgan fingerprint density at radius 2 is 2.08 bits per heavy atom. The second-order valence-electron chi connectivity index (χ2n) is 7.22. The van der Waals surface area contributed by atoms with Crippen molar-refractivity contribution in [2.45, 2.75) is 39.0 Å². The van der Waals surface area contributed by atoms with Gasteiger partial charge in [-0.2, -0.15) is 5.06 Å². The smallest absolute Gasteiger partial charge is 0.223 e. The summed E-state index contributed by atoms with van der Waals surface area (Å²) < 4.78 is 0. The highest BCUT2D eigenvalue weighted by atomic mass is 35.5. The van der Waals surface area contributed by atoms with Gasteiger partial charge in [-0.25, -0.2) is 0 Å². The van der Waals surface area contributed by atoms with E-state index in [2.05, 4.69) is 0 Å². The van der Waals surface area contributed by atoms with E-state index < -0.39 is 0 Å². The number of aryl methyl sites for hydroxylation is 1. The average molecular weight is 379 g/mol. The molecule has 0 aliphatic carbocycles. The molecule has 0 unspecified atom stereocenters. The second-order valence-corrected chi connectivity index (χ2v) is 7.66. The zero-order valence-corrected chi connectivity index (χ0v) is 16.1. The molecule has 3 rings (SSSR count). The minimum absolute atomic E-state index is 0.115. The zero-order valence-electron chi connectivity index (χ0n) is 15.4. The number of benzene rings is 1. The molecule has 5 nitrogen and oxygen atoms in total. The molecule has 2 aliphatic heterocycles. The molecule has 2 aliphatic rings. The Morgan fingerprint density at radius 1 is 1.23 bits per heavy atom. The number of hydrogen-bond acceptors (Lipinski definition) is 4. The highest BCUT2D eigenvalue weighted by Crippen LogP contribution is 2.24. The van der Waals surface area contributed by atoms with Crippen LogP contribution in [0.25, 0.3) is 0 Å². The summed E-state index contributed by atoms with van der Waals surface area (Å²) in [6.45, 7) is 5.43. The van der Waals surface area contributed by atoms with Crippen molar-refractivity contribution in [3.05, 3.63) is 34.3 Å². The van der Waals surface area contributed by atoms with Crippen LogP contribution in [0.3, 0.4) is 0 Å². The number of halogens is 1. The Morgan fingerprint density at radius 3 is 2.81 bits per heavy atom. The topological polar surface area (TPSA) is 49.9 Å². The molecule has 2 fully saturated rings. The van der Waals surface area contributed by atoms with Crippen LogP contribution in [-0.4, -0.2) is 54.4 Å². The van der Waals surface area contributed by atoms with Crippen molar-refractivity contribution in [3.8, 4) is 0 Å². The molecule has 2 saturated heterocycles. The zero-order chi connectivity index (χ0) is 18.5. The minimum Gasteiger partial charge on any atom is -0.342 e. The van der Waals surface area contributed by atoms with E-state index >= 15 is 0 Å². The molecule has 1 atom stereocenters. The normalized spacial score (nSPS) is 21.6. The predicted octanol–water partition coefficient (Wildman–Crippen LogP) is 3.49. The van der Waals surface area contributed by atoms with Crippen molar-refractivity contribution in [1.29, 1.82) is 0 Å². The number of Topliss-reactive ketones (excluding diaryl/α,β-unsaturated/α-hetero) is 1. The van der Waals surface area contributed by atoms with E-state index in [4.69, 9.17) is 16.4 Å². The molecule has 142 valence electrons. The fourth-order valence-electron chi connectivity index (χ4n) is 3.74. The molecule has 0 spiro atoms. The van der Waals surface area contributed by atoms with Crippen LogP contribution in [0.4, 0.5) is 0 Å². The first-order valence-corrected chi connectivity index (χ1v) is 9.88. The number of ketones is 1. The van der Waals surface area contributed by atoms with Gasteiger partial charge in [-0.3, -0.25) is 14.4 Å². The van der Waals surface area contributed by atoms with E-state index in [0.29, 0.717) is 24.5 Å². The first-order chi connectivity index (χ1) is 12.5. The lowest BCUT2D eigenvalue weighted by atomic mass is 9.88. The maximum atomic E-state index is 12.9. The number of rotatable bonds is 5. The van der Waals surface area contributed by atoms with Crippen molar-refractivity contribution in [2.24, 2.45) is 5.92 Å². The number of amides is 1. The van der Waals surface area contributed by atoms with Crippen LogP contribution in [0.1, 0.15) is 48.0 Å². The van der Waals surface area contributed by atoms with Crippen LogP contribution in [0.15, 0.2) is 18.2 Å². The third kappa shape index (κ3) is 4.84. The van der Waals surface area contributed by atoms with Crippen molar-refractivity contribution < 1.29 is 14.4 Å². The fraction of sp³-hybridized carbons (Fsp3) is 0.600. The van der Waals surface area contributed by atoms with E-state index in [9.17, 15) is 9.59 Å². The van der Waals surface area contributed by atoms with Crippen LogP contribution >= 0.6 is 11.6 Å². The molecule has 2 heterocycles. The van der Waals surface area contributed by atoms with Crippen LogP contribution in [0, 0.1) is 12.8 Å². The number of likely N-dealkylation sites (tertiary alicyclic amines) is 1. The minimum atomic E-state index is -0.126. The van der Waals surface area contributed by atoms with Crippen LogP contribution < -0.4 is 0 Å². The number of nitrogens with zero attached hydrogens (tertiary/aromatic N) is 2. The molecule has 0 bridgehead atoms. The Labute approximate surface area is 160 Å². The quantitative estimate of drug-likeness (QED) is 0.736. The molecular formula is C20H27ClN2O3. The van der Waals surface area contributed by atoms with Gasteiger partial charge in [-0.15, -0.1) is 0 Å². The van der Waals surface area contributed by atoms with Gasteiger partial charge in [0.05, 0.1) is 6.61 Å². The van der Waals surface area contributed by atoms with Gasteiger partial charge < -0.3 is 4.90 Å². The monoisotopic (exact) mass is 378 g/mol. The summed E-state index contributed by atoms with van der Waals surface area (Å²) in [4.78, 5) is 32.9. The van der Waals surface area contributed by atoms with Crippen molar-refractivity contribution in [3.63, 3.8) is 0 Å². The van der Waals surface area contributed by atoms with Gasteiger partial charge in [-0.05, 0) is 56.4 Å². The summed E-state index contributed by atoms with van der Waals surface area (Å²) in [5.41, 5.74) is 1.61. The first kappa shape index (κ1) is 19.3. The number of piperidine rings is 1. The predicted molar refractivity (Wildman–Crippen MR) is 101 cm³/mol. The van der Waals surface area contributed by atoms with Gasteiger partial charge in [0.15, 0.2) is 5.78 Å². The summed E-state index contributed by atoms with van der Waals surface area (Å²) >= 11 is 5.99. The molecule has 0 saturated carbocycles. The molecule has 1 aromatic carbocycles. The Kier molecular flexibility index (Phi) is 6.68. The highest BCUT2D eigenvalue weighted by Gasteiger charge is 2.29. The second kappa shape index (κ2) is 8.98. The molecule has 0 aromatic heterocycles. The molecule has 1 aromatic rings. The lowest BCUT2D eigenvalue weighted by Crippen LogP contribution is -2.43. The van der Waals surface area contributed by atoms with Crippen molar-refractivity contribution in [2.75, 3.05) is 32.8 Å². The van der Waals surface area contributed by atoms with Gasteiger partial charge in [0.2, 0.25) is 5.91 Å². The largest absolute Gasteiger partial charge is 0.342 e. The van der Waals surface area contributed by atoms with Crippen LogP contribution in [0.5, 0.6) is 0 Å². The summed E-state index contributed by atoms with van der Waals surface area (Å²) in [6, 6.07) is 5.37. The Bertz CT molecular complexity index is 658. The van der Waals surface area contributed by atoms with Gasteiger partial charge in [0.25, 0.3) is 0 Å². The molecule has 26 heavy (non-hydrogen) atoms. The van der Waals surface area contributed by atoms with Gasteiger partial charge >= 0.3 is 0 Å². The SMILES string of the molecule is Cc1cc(Cl)ccc1C(=O)[C@H]1CCCN(C(=O)CCN2CCCCO2)C1. The average Bonchev–Trinajstić information content (AvgIpc) is 2.66. The van der Waals surface area contributed by atoms with E-state index in [1.807, 2.05) is 23.0 Å². The van der Waals surface area contributed by atoms with Crippen LogP contribution in [0.2, 0.25) is 5.02 Å². The first-order valence-electron chi connectivity index (χ1n) is 9.50. The van der Waals surface area contributed by atoms with E-state index in [-0.39, 0.29) is 17.6 Å². The Hall–Kier alpha value is -1.43. The number of hydroxylamine groups is 2. The highest BCUT2D eigenvalue weighted by molar-refractivity contribution is 6.30. The van der Waals surface area contributed by atoms with Gasteiger partial charge in [0.1, 0.15) is 0 Å². The van der Waals surface area contributed by atoms with E-state index in [1.54, 1.807) is 12.1 Å². The maximum Gasteiger partial charge on any atom is 0.223 e. The number of hydrogen-bond donors (Lipinski definition) is 0. The number of carbonyl (C=O) groups is 2. The molecule has 1 amide bonds. The van der Waals surface area contributed by atoms with Crippen molar-refractivity contribution in [1.82, 2.24) is 9.96 Å². The number of carbonyl (C=O) groups excluding carboxylic acids is 2. The molecule has 0 N–H and O–H groups in total. The summed E-state index contributed by atoms with van der Waals surface area (Å²) in [5, 5.41) is 2.53. The third-order valence-corrected chi connectivity index (χ3v) is 5.48. The van der Waals surface area contributed by atoms with Gasteiger partial charge in [-0.1, -0.05) is 11.6 Å². The van der Waals surface area contributed by atoms with E-state index in [0.717, 1.165) is 56.5 Å². The standard InChI is InChI=1S/C20H27ClN2O3/c1-15-13-17(21)6-7-18(15)20(25)16-5-4-9-22(14-16)19(24)8-11-23-10-2-3-12-26-23/h6-7,13,16H,2-5,8-12,14H2,1H3/t16-/m0/s1. The molecule has 6 heteroatoms. The summed E-state index contributed by atoms with van der Waals surface area (Å²) in [7, 11) is 0. The third-order valence-electron chi connectivity index (χ3n) is 5.25. The molecule has 0 radical (unpaired) electrons. The maximum absolute atomic E-state index is 12.9.